The third-order valence-electron chi connectivity index (χ3n) is 4.94. The van der Waals surface area contributed by atoms with E-state index in [1.54, 1.807) is 36.4 Å². The lowest BCUT2D eigenvalue weighted by molar-refractivity contribution is 0.0988. The zero-order valence-corrected chi connectivity index (χ0v) is 16.6. The van der Waals surface area contributed by atoms with Crippen LogP contribution in [0.5, 0.6) is 0 Å². The second kappa shape index (κ2) is 7.40. The maximum atomic E-state index is 12.8. The van der Waals surface area contributed by atoms with Crippen LogP contribution in [0.4, 0.5) is 5.69 Å². The molecule has 1 heterocycles. The molecular formula is C25H21NO3. The van der Waals surface area contributed by atoms with E-state index in [2.05, 4.69) is 0 Å². The molecule has 4 nitrogen and oxygen atoms in total. The molecular weight excluding hydrogens is 362 g/mol. The lowest BCUT2D eigenvalue weighted by Crippen LogP contribution is -2.07. The predicted octanol–water partition coefficient (Wildman–Crippen LogP) is 4.96. The first-order valence-electron chi connectivity index (χ1n) is 9.40. The minimum absolute atomic E-state index is 0.204. The molecule has 0 aromatic heterocycles. The minimum atomic E-state index is -0.231. The third kappa shape index (κ3) is 3.57. The van der Waals surface area contributed by atoms with Crippen LogP contribution >= 0.6 is 0 Å². The fourth-order valence-electron chi connectivity index (χ4n) is 3.46. The zero-order valence-electron chi connectivity index (χ0n) is 16.6. The van der Waals surface area contributed by atoms with Crippen LogP contribution in [-0.2, 0) is 4.74 Å². The zero-order chi connectivity index (χ0) is 20.5. The molecule has 2 aromatic carbocycles. The molecule has 0 bridgehead atoms. The smallest absolute Gasteiger partial charge is 0.198 e. The summed E-state index contributed by atoms with van der Waals surface area (Å²) >= 11 is 0. The molecule has 1 aliphatic carbocycles. The van der Waals surface area contributed by atoms with Crippen molar-refractivity contribution in [2.24, 2.45) is 0 Å². The Balaban J connectivity index is 1.66. The van der Waals surface area contributed by atoms with E-state index in [0.717, 1.165) is 11.3 Å². The molecule has 2 aliphatic rings. The standard InChI is InChI=1S/C25H21NO3/c1-16-14-18(23-24(27)21-6-4-5-7-22(21)25(23)28)15-20(29-16)13-10-17-8-11-19(12-9-17)26(2)3/h4-15H,1-3H3/b13-10-. The van der Waals surface area contributed by atoms with Gasteiger partial charge < -0.3 is 9.64 Å². The van der Waals surface area contributed by atoms with E-state index in [9.17, 15) is 9.59 Å². The number of fused-ring (bicyclic) bond motifs is 1. The van der Waals surface area contributed by atoms with Gasteiger partial charge in [0.2, 0.25) is 0 Å². The minimum Gasteiger partial charge on any atom is -0.462 e. The topological polar surface area (TPSA) is 46.6 Å². The highest BCUT2D eigenvalue weighted by Gasteiger charge is 2.34. The first kappa shape index (κ1) is 18.7. The molecule has 0 radical (unpaired) electrons. The van der Waals surface area contributed by atoms with E-state index in [0.29, 0.717) is 28.2 Å². The van der Waals surface area contributed by atoms with Crippen molar-refractivity contribution in [2.45, 2.75) is 6.92 Å². The lowest BCUT2D eigenvalue weighted by atomic mass is 10.0. The molecule has 4 heteroatoms. The van der Waals surface area contributed by atoms with Gasteiger partial charge in [-0.3, -0.25) is 9.59 Å². The normalized spacial score (nSPS) is 16.0. The van der Waals surface area contributed by atoms with Crippen LogP contribution in [0.1, 0.15) is 33.2 Å². The van der Waals surface area contributed by atoms with Crippen molar-refractivity contribution in [3.63, 3.8) is 0 Å². The number of allylic oxidation sites excluding steroid dienone is 6. The number of Topliss-reactive ketones (excluding diaryl/α,β-unsaturated/α-hetero) is 2. The summed E-state index contributed by atoms with van der Waals surface area (Å²) < 4.78 is 5.78. The summed E-state index contributed by atoms with van der Waals surface area (Å²) in [4.78, 5) is 27.6. The van der Waals surface area contributed by atoms with Gasteiger partial charge in [0, 0.05) is 30.9 Å². The quantitative estimate of drug-likeness (QED) is 0.555. The largest absolute Gasteiger partial charge is 0.462 e. The Kier molecular flexibility index (Phi) is 4.77. The fraction of sp³-hybridized carbons (Fsp3) is 0.120. The van der Waals surface area contributed by atoms with Crippen molar-refractivity contribution in [1.29, 1.82) is 0 Å². The van der Waals surface area contributed by atoms with Gasteiger partial charge in [0.1, 0.15) is 11.5 Å². The molecule has 0 atom stereocenters. The Bertz CT molecular complexity index is 1090. The summed E-state index contributed by atoms with van der Waals surface area (Å²) in [7, 11) is 4.00. The Morgan fingerprint density at radius 2 is 1.45 bits per heavy atom. The molecule has 0 saturated heterocycles. The summed E-state index contributed by atoms with van der Waals surface area (Å²) in [6, 6.07) is 15.1. The Morgan fingerprint density at radius 1 is 0.828 bits per heavy atom. The second-order valence-electron chi connectivity index (χ2n) is 7.26. The van der Waals surface area contributed by atoms with Gasteiger partial charge in [-0.05, 0) is 48.4 Å². The number of ether oxygens (including phenoxy) is 1. The number of nitrogens with zero attached hydrogens (tertiary/aromatic N) is 1. The summed E-state index contributed by atoms with van der Waals surface area (Å²) in [5.74, 6) is 0.755. The van der Waals surface area contributed by atoms with Gasteiger partial charge in [0.25, 0.3) is 0 Å². The van der Waals surface area contributed by atoms with Crippen LogP contribution in [0.15, 0.2) is 89.4 Å². The van der Waals surface area contributed by atoms with Crippen molar-refractivity contribution in [2.75, 3.05) is 19.0 Å². The Labute approximate surface area is 170 Å². The SMILES string of the molecule is CC1=CC(=C2C(=O)c3ccccc3C2=O)C=C(/C=C\c2ccc(N(C)C)cc2)O1. The predicted molar refractivity (Wildman–Crippen MR) is 115 cm³/mol. The first-order chi connectivity index (χ1) is 13.9. The number of benzene rings is 2. The summed E-state index contributed by atoms with van der Waals surface area (Å²) in [6.45, 7) is 1.81. The number of rotatable bonds is 3. The number of hydrogen-bond donors (Lipinski definition) is 0. The van der Waals surface area contributed by atoms with Gasteiger partial charge in [-0.25, -0.2) is 0 Å². The number of ketones is 2. The van der Waals surface area contributed by atoms with Gasteiger partial charge in [0.05, 0.1) is 5.57 Å². The molecule has 0 saturated carbocycles. The molecule has 4 rings (SSSR count). The van der Waals surface area contributed by atoms with Crippen molar-refractivity contribution in [3.05, 3.63) is 106 Å². The molecule has 0 N–H and O–H groups in total. The summed E-state index contributed by atoms with van der Waals surface area (Å²) in [5.41, 5.74) is 3.87. The van der Waals surface area contributed by atoms with Gasteiger partial charge in [-0.2, -0.15) is 0 Å². The monoisotopic (exact) mass is 383 g/mol. The molecule has 2 aromatic rings. The fourth-order valence-corrected chi connectivity index (χ4v) is 3.46. The van der Waals surface area contributed by atoms with Crippen molar-refractivity contribution >= 4 is 23.3 Å². The van der Waals surface area contributed by atoms with E-state index >= 15 is 0 Å². The molecule has 0 unspecified atom stereocenters. The number of carbonyl (C=O) groups is 2. The highest BCUT2D eigenvalue weighted by Crippen LogP contribution is 2.32. The van der Waals surface area contributed by atoms with Crippen molar-refractivity contribution in [3.8, 4) is 0 Å². The number of hydrogen-bond acceptors (Lipinski definition) is 4. The van der Waals surface area contributed by atoms with Crippen LogP contribution in [-0.4, -0.2) is 25.7 Å². The van der Waals surface area contributed by atoms with E-state index < -0.39 is 0 Å². The van der Waals surface area contributed by atoms with Crippen LogP contribution in [0.3, 0.4) is 0 Å². The highest BCUT2D eigenvalue weighted by atomic mass is 16.5. The average Bonchev–Trinajstić information content (AvgIpc) is 2.97. The molecule has 0 spiro atoms. The van der Waals surface area contributed by atoms with E-state index in [1.165, 1.54) is 0 Å². The second-order valence-corrected chi connectivity index (χ2v) is 7.26. The third-order valence-corrected chi connectivity index (χ3v) is 4.94. The molecule has 1 aliphatic heterocycles. The van der Waals surface area contributed by atoms with E-state index in [1.807, 2.05) is 62.3 Å². The number of carbonyl (C=O) groups excluding carboxylic acids is 2. The lowest BCUT2D eigenvalue weighted by Gasteiger charge is -2.14. The van der Waals surface area contributed by atoms with Gasteiger partial charge >= 0.3 is 0 Å². The first-order valence-corrected chi connectivity index (χ1v) is 9.40. The summed E-state index contributed by atoms with van der Waals surface area (Å²) in [5, 5.41) is 0. The Hall–Kier alpha value is -3.66. The van der Waals surface area contributed by atoms with Gasteiger partial charge in [0.15, 0.2) is 11.6 Å². The van der Waals surface area contributed by atoms with Crippen LogP contribution in [0.2, 0.25) is 0 Å². The highest BCUT2D eigenvalue weighted by molar-refractivity contribution is 6.40. The molecule has 0 fully saturated rings. The van der Waals surface area contributed by atoms with Crippen molar-refractivity contribution < 1.29 is 14.3 Å². The van der Waals surface area contributed by atoms with Gasteiger partial charge in [-0.1, -0.05) is 42.5 Å². The Morgan fingerprint density at radius 3 is 2.03 bits per heavy atom. The maximum absolute atomic E-state index is 12.8. The van der Waals surface area contributed by atoms with E-state index in [-0.39, 0.29) is 17.1 Å². The van der Waals surface area contributed by atoms with Crippen molar-refractivity contribution in [1.82, 2.24) is 0 Å². The van der Waals surface area contributed by atoms with Crippen LogP contribution in [0.25, 0.3) is 6.08 Å². The van der Waals surface area contributed by atoms with Crippen LogP contribution < -0.4 is 4.90 Å². The van der Waals surface area contributed by atoms with Gasteiger partial charge in [-0.15, -0.1) is 0 Å². The average molecular weight is 383 g/mol. The summed E-state index contributed by atoms with van der Waals surface area (Å²) in [6.07, 6.45) is 7.27. The molecule has 29 heavy (non-hydrogen) atoms. The molecule has 0 amide bonds. The maximum Gasteiger partial charge on any atom is 0.198 e. The molecule has 144 valence electrons. The van der Waals surface area contributed by atoms with Crippen LogP contribution in [0, 0.1) is 0 Å². The number of anilines is 1. The van der Waals surface area contributed by atoms with E-state index in [4.69, 9.17) is 4.74 Å².